The van der Waals surface area contributed by atoms with Crippen LogP contribution in [0.25, 0.3) is 66.9 Å². The molecule has 2 aliphatic carbocycles. The number of fused-ring (bicyclic) bond motifs is 8. The van der Waals surface area contributed by atoms with Crippen molar-refractivity contribution in [3.8, 4) is 11.4 Å². The average molecular weight is 693 g/mol. The average Bonchev–Trinajstić information content (AvgIpc) is 3.76. The highest BCUT2D eigenvalue weighted by atomic mass is 15.0. The summed E-state index contributed by atoms with van der Waals surface area (Å²) in [6.45, 7) is 0. The summed E-state index contributed by atoms with van der Waals surface area (Å²) >= 11 is 0. The third-order valence-corrected chi connectivity index (χ3v) is 12.0. The van der Waals surface area contributed by atoms with Gasteiger partial charge in [0.1, 0.15) is 0 Å². The van der Waals surface area contributed by atoms with Gasteiger partial charge in [-0.1, -0.05) is 121 Å². The summed E-state index contributed by atoms with van der Waals surface area (Å²) < 4.78 is 4.89. The molecule has 0 spiro atoms. The van der Waals surface area contributed by atoms with Gasteiger partial charge >= 0.3 is 0 Å². The van der Waals surface area contributed by atoms with E-state index in [1.807, 2.05) is 0 Å². The van der Waals surface area contributed by atoms with Crippen LogP contribution >= 0.6 is 0 Å². The van der Waals surface area contributed by atoms with Crippen LogP contribution in [0.4, 0.5) is 0 Å². The van der Waals surface area contributed by atoms with Crippen molar-refractivity contribution in [1.82, 2.24) is 9.13 Å². The van der Waals surface area contributed by atoms with Gasteiger partial charge in [-0.15, -0.1) is 0 Å². The number of benzene rings is 7. The van der Waals surface area contributed by atoms with Gasteiger partial charge in [-0.25, -0.2) is 0 Å². The van der Waals surface area contributed by atoms with Gasteiger partial charge in [0.2, 0.25) is 0 Å². The first kappa shape index (κ1) is 31.2. The summed E-state index contributed by atoms with van der Waals surface area (Å²) in [7, 11) is 0. The first-order valence-electron chi connectivity index (χ1n) is 19.5. The number of hydrogen-bond donors (Lipinski definition) is 0. The summed E-state index contributed by atoms with van der Waals surface area (Å²) in [5, 5.41) is 7.97. The Hall–Kier alpha value is -6.38. The Morgan fingerprint density at radius 2 is 0.741 bits per heavy atom. The zero-order valence-corrected chi connectivity index (χ0v) is 30.3. The van der Waals surface area contributed by atoms with Crippen LogP contribution in [0.15, 0.2) is 158 Å². The SMILES string of the molecule is C1=Cc2c(c3c(n2-c2ccc(Cc4c5ccccc5c(Cc5ccc(-n6c7ccccc7c7ccccc76)cc5)c5ccccc45)cc2)C=CCC3)CC1. The molecule has 258 valence electrons. The lowest BCUT2D eigenvalue weighted by atomic mass is 9.86. The second kappa shape index (κ2) is 12.6. The molecule has 0 amide bonds. The summed E-state index contributed by atoms with van der Waals surface area (Å²) in [6.07, 6.45) is 15.7. The molecule has 54 heavy (non-hydrogen) atoms. The highest BCUT2D eigenvalue weighted by Gasteiger charge is 2.23. The van der Waals surface area contributed by atoms with Crippen molar-refractivity contribution in [3.05, 3.63) is 203 Å². The van der Waals surface area contributed by atoms with E-state index < -0.39 is 0 Å². The Morgan fingerprint density at radius 3 is 1.17 bits per heavy atom. The molecule has 2 nitrogen and oxygen atoms in total. The van der Waals surface area contributed by atoms with E-state index in [1.165, 1.54) is 88.4 Å². The molecular weight excluding hydrogens is 653 g/mol. The maximum atomic E-state index is 2.49. The lowest BCUT2D eigenvalue weighted by molar-refractivity contribution is 0.922. The molecule has 2 aliphatic rings. The Labute approximate surface area is 315 Å². The molecule has 2 heterocycles. The third-order valence-electron chi connectivity index (χ3n) is 12.0. The molecule has 0 bridgehead atoms. The molecule has 0 atom stereocenters. The molecule has 0 N–H and O–H groups in total. The summed E-state index contributed by atoms with van der Waals surface area (Å²) in [6, 6.07) is 54.2. The summed E-state index contributed by atoms with van der Waals surface area (Å²) in [5.41, 5.74) is 16.2. The van der Waals surface area contributed by atoms with E-state index in [-0.39, 0.29) is 0 Å². The van der Waals surface area contributed by atoms with Crippen LogP contribution in [0, 0.1) is 0 Å². The third kappa shape index (κ3) is 4.94. The number of allylic oxidation sites excluding steroid dienone is 2. The first-order valence-corrected chi connectivity index (χ1v) is 19.5. The standard InChI is InChI=1S/C52H40N2/c1-2-14-40-39(13-1)47(33-35-25-29-37(30-26-35)53-49-21-9-5-17-43(49)44-18-6-10-22-50(44)53)41-15-3-4-16-42(41)48(40)34-36-27-31-38(32-28-36)54-51-23-11-7-19-45(51)46-20-8-12-24-52(46)54/h1-6,9-18,21-32H,7-8,19-20,33-34H2. The van der Waals surface area contributed by atoms with Gasteiger partial charge < -0.3 is 9.13 Å². The van der Waals surface area contributed by atoms with E-state index in [9.17, 15) is 0 Å². The maximum Gasteiger partial charge on any atom is 0.0541 e. The van der Waals surface area contributed by atoms with Crippen LogP contribution in [0.1, 0.15) is 57.6 Å². The number of rotatable bonds is 6. The monoisotopic (exact) mass is 692 g/mol. The molecular formula is C52H40N2. The van der Waals surface area contributed by atoms with E-state index in [0.717, 1.165) is 38.5 Å². The Morgan fingerprint density at radius 1 is 0.370 bits per heavy atom. The van der Waals surface area contributed by atoms with Gasteiger partial charge in [-0.05, 0) is 142 Å². The Balaban J connectivity index is 0.956. The van der Waals surface area contributed by atoms with E-state index in [4.69, 9.17) is 0 Å². The zero-order valence-electron chi connectivity index (χ0n) is 30.3. The van der Waals surface area contributed by atoms with Crippen LogP contribution in [0.5, 0.6) is 0 Å². The molecule has 0 aliphatic heterocycles. The molecule has 2 heteroatoms. The second-order valence-electron chi connectivity index (χ2n) is 15.0. The number of hydrogen-bond acceptors (Lipinski definition) is 0. The van der Waals surface area contributed by atoms with Gasteiger partial charge in [-0.3, -0.25) is 0 Å². The molecule has 2 aromatic heterocycles. The molecule has 0 unspecified atom stereocenters. The Kier molecular flexibility index (Phi) is 7.30. The minimum atomic E-state index is 0.873. The van der Waals surface area contributed by atoms with Gasteiger partial charge in [-0.2, -0.15) is 0 Å². The van der Waals surface area contributed by atoms with Crippen molar-refractivity contribution in [2.75, 3.05) is 0 Å². The minimum absolute atomic E-state index is 0.873. The molecule has 9 aromatic rings. The van der Waals surface area contributed by atoms with Gasteiger partial charge in [0.05, 0.1) is 11.0 Å². The molecule has 0 saturated carbocycles. The van der Waals surface area contributed by atoms with E-state index >= 15 is 0 Å². The van der Waals surface area contributed by atoms with Crippen molar-refractivity contribution < 1.29 is 0 Å². The molecule has 0 fully saturated rings. The fourth-order valence-corrected chi connectivity index (χ4v) is 9.57. The summed E-state index contributed by atoms with van der Waals surface area (Å²) in [5.74, 6) is 0. The van der Waals surface area contributed by atoms with Crippen molar-refractivity contribution in [2.45, 2.75) is 38.5 Å². The van der Waals surface area contributed by atoms with Gasteiger partial charge in [0.25, 0.3) is 0 Å². The van der Waals surface area contributed by atoms with Crippen LogP contribution in [-0.2, 0) is 25.7 Å². The number of nitrogens with zero attached hydrogens (tertiary/aromatic N) is 2. The lowest BCUT2D eigenvalue weighted by Crippen LogP contribution is -2.03. The molecule has 0 saturated heterocycles. The van der Waals surface area contributed by atoms with Crippen LogP contribution in [0.3, 0.4) is 0 Å². The predicted octanol–water partition coefficient (Wildman–Crippen LogP) is 13.0. The normalized spacial score (nSPS) is 13.6. The fourth-order valence-electron chi connectivity index (χ4n) is 9.57. The van der Waals surface area contributed by atoms with Crippen molar-refractivity contribution in [3.63, 3.8) is 0 Å². The topological polar surface area (TPSA) is 9.86 Å². The van der Waals surface area contributed by atoms with Crippen LogP contribution < -0.4 is 0 Å². The zero-order chi connectivity index (χ0) is 35.6. The van der Waals surface area contributed by atoms with Crippen molar-refractivity contribution in [1.29, 1.82) is 0 Å². The first-order chi connectivity index (χ1) is 26.8. The number of aromatic nitrogens is 2. The van der Waals surface area contributed by atoms with Crippen LogP contribution in [-0.4, -0.2) is 9.13 Å². The highest BCUT2D eigenvalue weighted by Crippen LogP contribution is 2.38. The molecule has 7 aromatic carbocycles. The van der Waals surface area contributed by atoms with Gasteiger partial charge in [0, 0.05) is 33.5 Å². The van der Waals surface area contributed by atoms with E-state index in [2.05, 4.69) is 179 Å². The van der Waals surface area contributed by atoms with Crippen molar-refractivity contribution in [2.24, 2.45) is 0 Å². The maximum absolute atomic E-state index is 2.49. The lowest BCUT2D eigenvalue weighted by Gasteiger charge is -2.18. The number of para-hydroxylation sites is 2. The summed E-state index contributed by atoms with van der Waals surface area (Å²) in [4.78, 5) is 0. The smallest absolute Gasteiger partial charge is 0.0541 e. The quantitative estimate of drug-likeness (QED) is 0.154. The van der Waals surface area contributed by atoms with E-state index in [1.54, 1.807) is 11.1 Å². The Bertz CT molecular complexity index is 2820. The van der Waals surface area contributed by atoms with Crippen LogP contribution in [0.2, 0.25) is 0 Å². The largest absolute Gasteiger partial charge is 0.310 e. The minimum Gasteiger partial charge on any atom is -0.310 e. The predicted molar refractivity (Wildman–Crippen MR) is 228 cm³/mol. The van der Waals surface area contributed by atoms with Gasteiger partial charge in [0.15, 0.2) is 0 Å². The fraction of sp³-hybridized carbons (Fsp3) is 0.115. The van der Waals surface area contributed by atoms with Crippen molar-refractivity contribution >= 4 is 55.5 Å². The second-order valence-corrected chi connectivity index (χ2v) is 15.0. The van der Waals surface area contributed by atoms with E-state index in [0.29, 0.717) is 0 Å². The molecule has 11 rings (SSSR count). The molecule has 0 radical (unpaired) electrons. The highest BCUT2D eigenvalue weighted by molar-refractivity contribution is 6.09.